The van der Waals surface area contributed by atoms with E-state index in [4.69, 9.17) is 6.42 Å². The van der Waals surface area contributed by atoms with Gasteiger partial charge < -0.3 is 5.32 Å². The van der Waals surface area contributed by atoms with Crippen molar-refractivity contribution in [2.24, 2.45) is 5.41 Å². The third kappa shape index (κ3) is 3.43. The lowest BCUT2D eigenvalue weighted by Crippen LogP contribution is -2.40. The molecule has 0 aliphatic heterocycles. The summed E-state index contributed by atoms with van der Waals surface area (Å²) < 4.78 is 0. The first kappa shape index (κ1) is 11.0. The fourth-order valence-corrected chi connectivity index (χ4v) is 0.793. The van der Waals surface area contributed by atoms with Gasteiger partial charge in [0.1, 0.15) is 0 Å². The van der Waals surface area contributed by atoms with Crippen LogP contribution in [-0.2, 0) is 4.79 Å². The smallest absolute Gasteiger partial charge is 0.226 e. The van der Waals surface area contributed by atoms with Crippen LogP contribution in [0.3, 0.4) is 0 Å². The van der Waals surface area contributed by atoms with Crippen molar-refractivity contribution in [1.29, 1.82) is 0 Å². The number of amides is 1. The number of carbonyl (C=O) groups is 1. The lowest BCUT2D eigenvalue weighted by atomic mass is 9.88. The van der Waals surface area contributed by atoms with E-state index in [1.807, 2.05) is 27.7 Å². The molecule has 0 saturated carbocycles. The Balaban J connectivity index is 4.18. The summed E-state index contributed by atoms with van der Waals surface area (Å²) in [5.41, 5.74) is -0.445. The molecule has 2 heteroatoms. The number of terminal acetylenes is 1. The first-order valence-corrected chi connectivity index (χ1v) is 4.14. The molecule has 0 aromatic heterocycles. The topological polar surface area (TPSA) is 29.1 Å². The Morgan fingerprint density at radius 2 is 2.08 bits per heavy atom. The van der Waals surface area contributed by atoms with Gasteiger partial charge in [0.05, 0.1) is 5.41 Å². The van der Waals surface area contributed by atoms with Gasteiger partial charge in [0.25, 0.3) is 0 Å². The lowest BCUT2D eigenvalue weighted by Gasteiger charge is -2.22. The molecule has 0 rings (SSSR count). The molecular weight excluding hydrogens is 150 g/mol. The first-order chi connectivity index (χ1) is 5.40. The minimum absolute atomic E-state index is 0.0236. The maximum absolute atomic E-state index is 11.5. The van der Waals surface area contributed by atoms with Gasteiger partial charge in [-0.1, -0.05) is 13.8 Å². The zero-order chi connectivity index (χ0) is 9.78. The molecule has 0 unspecified atom stereocenters. The summed E-state index contributed by atoms with van der Waals surface area (Å²) in [5.74, 6) is 2.52. The molecule has 1 N–H and O–H groups in total. The van der Waals surface area contributed by atoms with Crippen molar-refractivity contribution in [2.45, 2.75) is 40.2 Å². The fourth-order valence-electron chi connectivity index (χ4n) is 0.793. The molecule has 0 fully saturated rings. The normalized spacial score (nSPS) is 11.0. The molecule has 0 saturated heterocycles. The molecule has 0 spiro atoms. The second-order valence-electron chi connectivity index (χ2n) is 3.89. The van der Waals surface area contributed by atoms with Gasteiger partial charge >= 0.3 is 0 Å². The molecule has 0 aromatic rings. The Labute approximate surface area is 74.7 Å². The Morgan fingerprint density at radius 1 is 1.58 bits per heavy atom. The Morgan fingerprint density at radius 3 is 2.42 bits per heavy atom. The number of hydrogen-bond acceptors (Lipinski definition) is 1. The van der Waals surface area contributed by atoms with Crippen LogP contribution < -0.4 is 5.32 Å². The van der Waals surface area contributed by atoms with Gasteiger partial charge in [0.2, 0.25) is 5.91 Å². The van der Waals surface area contributed by atoms with Gasteiger partial charge in [-0.15, -0.1) is 12.3 Å². The van der Waals surface area contributed by atoms with Gasteiger partial charge in [-0.05, 0) is 13.8 Å². The molecule has 0 radical (unpaired) electrons. The summed E-state index contributed by atoms with van der Waals surface area (Å²) in [6, 6.07) is 0.176. The summed E-state index contributed by atoms with van der Waals surface area (Å²) >= 11 is 0. The number of rotatable bonds is 3. The molecule has 2 nitrogen and oxygen atoms in total. The Kier molecular flexibility index (Phi) is 3.82. The number of nitrogens with one attached hydrogen (secondary N) is 1. The van der Waals surface area contributed by atoms with E-state index in [0.29, 0.717) is 6.42 Å². The third-order valence-corrected chi connectivity index (χ3v) is 1.58. The predicted octanol–water partition coefficient (Wildman–Crippen LogP) is 1.56. The van der Waals surface area contributed by atoms with Crippen LogP contribution >= 0.6 is 0 Å². The number of hydrogen-bond donors (Lipinski definition) is 1. The second-order valence-corrected chi connectivity index (χ2v) is 3.89. The monoisotopic (exact) mass is 167 g/mol. The van der Waals surface area contributed by atoms with Crippen LogP contribution in [0.5, 0.6) is 0 Å². The Bertz CT molecular complexity index is 198. The van der Waals surface area contributed by atoms with Crippen LogP contribution in [-0.4, -0.2) is 11.9 Å². The predicted molar refractivity (Wildman–Crippen MR) is 50.5 cm³/mol. The molecule has 0 aliphatic rings. The van der Waals surface area contributed by atoms with E-state index in [1.54, 1.807) is 0 Å². The number of carbonyl (C=O) groups excluding carboxylic acids is 1. The summed E-state index contributed by atoms with van der Waals surface area (Å²) in [6.07, 6.45) is 5.63. The fraction of sp³-hybridized carbons (Fsp3) is 0.700. The molecule has 0 aromatic carbocycles. The molecule has 0 atom stereocenters. The van der Waals surface area contributed by atoms with Crippen LogP contribution in [0.25, 0.3) is 0 Å². The maximum Gasteiger partial charge on any atom is 0.226 e. The quantitative estimate of drug-likeness (QED) is 0.635. The van der Waals surface area contributed by atoms with Crippen LogP contribution in [0.2, 0.25) is 0 Å². The summed E-state index contributed by atoms with van der Waals surface area (Å²) in [6.45, 7) is 7.57. The minimum atomic E-state index is -0.445. The lowest BCUT2D eigenvalue weighted by molar-refractivity contribution is -0.129. The van der Waals surface area contributed by atoms with Crippen molar-refractivity contribution in [3.63, 3.8) is 0 Å². The molecule has 68 valence electrons. The van der Waals surface area contributed by atoms with Crippen molar-refractivity contribution >= 4 is 5.91 Å². The first-order valence-electron chi connectivity index (χ1n) is 4.14. The maximum atomic E-state index is 11.5. The van der Waals surface area contributed by atoms with E-state index in [9.17, 15) is 4.79 Å². The van der Waals surface area contributed by atoms with Gasteiger partial charge in [0.15, 0.2) is 0 Å². The largest absolute Gasteiger partial charge is 0.353 e. The van der Waals surface area contributed by atoms with Crippen molar-refractivity contribution in [3.05, 3.63) is 0 Å². The zero-order valence-electron chi connectivity index (χ0n) is 8.27. The van der Waals surface area contributed by atoms with Crippen molar-refractivity contribution < 1.29 is 4.79 Å². The highest BCUT2D eigenvalue weighted by Crippen LogP contribution is 2.19. The van der Waals surface area contributed by atoms with Gasteiger partial charge in [-0.25, -0.2) is 0 Å². The van der Waals surface area contributed by atoms with Gasteiger partial charge in [0, 0.05) is 12.5 Å². The van der Waals surface area contributed by atoms with E-state index >= 15 is 0 Å². The van der Waals surface area contributed by atoms with Crippen molar-refractivity contribution in [2.75, 3.05) is 0 Å². The van der Waals surface area contributed by atoms with Crippen LogP contribution in [0.1, 0.15) is 34.1 Å². The summed E-state index contributed by atoms with van der Waals surface area (Å²) in [7, 11) is 0. The SMILES string of the molecule is C#CCC(C)(C)C(=O)NC(C)C. The Hall–Kier alpha value is -0.970. The van der Waals surface area contributed by atoms with Gasteiger partial charge in [-0.2, -0.15) is 0 Å². The highest BCUT2D eigenvalue weighted by molar-refractivity contribution is 5.82. The minimum Gasteiger partial charge on any atom is -0.353 e. The van der Waals surface area contributed by atoms with Crippen LogP contribution in [0.4, 0.5) is 0 Å². The summed E-state index contributed by atoms with van der Waals surface area (Å²) in [5, 5.41) is 2.83. The molecule has 0 aliphatic carbocycles. The molecule has 12 heavy (non-hydrogen) atoms. The average Bonchev–Trinajstić information content (AvgIpc) is 1.85. The molecular formula is C10H17NO. The van der Waals surface area contributed by atoms with E-state index in [0.717, 1.165) is 0 Å². The standard InChI is InChI=1S/C10H17NO/c1-6-7-10(4,5)9(12)11-8(2)3/h1,8H,7H2,2-5H3,(H,11,12). The molecule has 0 bridgehead atoms. The summed E-state index contributed by atoms with van der Waals surface area (Å²) in [4.78, 5) is 11.5. The van der Waals surface area contributed by atoms with E-state index in [1.165, 1.54) is 0 Å². The second kappa shape index (κ2) is 4.15. The van der Waals surface area contributed by atoms with E-state index < -0.39 is 5.41 Å². The zero-order valence-corrected chi connectivity index (χ0v) is 8.27. The molecule has 0 heterocycles. The highest BCUT2D eigenvalue weighted by Gasteiger charge is 2.26. The van der Waals surface area contributed by atoms with Crippen LogP contribution in [0.15, 0.2) is 0 Å². The van der Waals surface area contributed by atoms with Crippen molar-refractivity contribution in [3.8, 4) is 12.3 Å². The van der Waals surface area contributed by atoms with Gasteiger partial charge in [-0.3, -0.25) is 4.79 Å². The van der Waals surface area contributed by atoms with E-state index in [-0.39, 0.29) is 11.9 Å². The highest BCUT2D eigenvalue weighted by atomic mass is 16.2. The van der Waals surface area contributed by atoms with Crippen LogP contribution in [0, 0.1) is 17.8 Å². The molecule has 1 amide bonds. The van der Waals surface area contributed by atoms with E-state index in [2.05, 4.69) is 11.2 Å². The average molecular weight is 167 g/mol. The van der Waals surface area contributed by atoms with Crippen molar-refractivity contribution in [1.82, 2.24) is 5.32 Å². The third-order valence-electron chi connectivity index (χ3n) is 1.58.